The third kappa shape index (κ3) is 3.82. The highest BCUT2D eigenvalue weighted by Gasteiger charge is 2.21. The lowest BCUT2D eigenvalue weighted by Gasteiger charge is -2.26. The Morgan fingerprint density at radius 1 is 1.07 bits per heavy atom. The predicted molar refractivity (Wildman–Crippen MR) is 103 cm³/mol. The molecule has 2 aliphatic heterocycles. The number of amides is 1. The van der Waals surface area contributed by atoms with Gasteiger partial charge in [-0.2, -0.15) is 5.10 Å². The van der Waals surface area contributed by atoms with E-state index in [9.17, 15) is 4.79 Å². The molecule has 8 heteroatoms. The highest BCUT2D eigenvalue weighted by atomic mass is 16.7. The number of hydrogen-bond acceptors (Lipinski definition) is 6. The molecule has 0 radical (unpaired) electrons. The molecule has 0 fully saturated rings. The van der Waals surface area contributed by atoms with Crippen molar-refractivity contribution in [3.05, 3.63) is 60.4 Å². The third-order valence-electron chi connectivity index (χ3n) is 4.68. The van der Waals surface area contributed by atoms with Crippen LogP contribution in [0.3, 0.4) is 0 Å². The van der Waals surface area contributed by atoms with Crippen molar-refractivity contribution < 1.29 is 23.7 Å². The number of carbonyl (C=O) groups excluding carboxylic acids is 1. The molecule has 1 atom stereocenters. The first-order valence-electron chi connectivity index (χ1n) is 9.32. The zero-order valence-electron chi connectivity index (χ0n) is 15.5. The van der Waals surface area contributed by atoms with E-state index in [0.29, 0.717) is 30.3 Å². The number of ether oxygens (including phenoxy) is 4. The molecule has 1 amide bonds. The van der Waals surface area contributed by atoms with Gasteiger partial charge in [-0.1, -0.05) is 18.2 Å². The van der Waals surface area contributed by atoms with E-state index in [-0.39, 0.29) is 25.2 Å². The Hall–Kier alpha value is -3.68. The zero-order chi connectivity index (χ0) is 19.6. The van der Waals surface area contributed by atoms with Crippen molar-refractivity contribution in [1.29, 1.82) is 0 Å². The molecule has 148 valence electrons. The minimum absolute atomic E-state index is 0.130. The molecule has 5 rings (SSSR count). The number of hydrogen-bond donors (Lipinski definition) is 1. The Bertz CT molecular complexity index is 1050. The van der Waals surface area contributed by atoms with E-state index >= 15 is 0 Å². The summed E-state index contributed by atoms with van der Waals surface area (Å²) in [5.74, 6) is 2.72. The molecule has 0 saturated carbocycles. The predicted octanol–water partition coefficient (Wildman–Crippen LogP) is 2.63. The summed E-state index contributed by atoms with van der Waals surface area (Å²) in [6.45, 7) is 1.18. The molecule has 2 aromatic carbocycles. The largest absolute Gasteiger partial charge is 0.486 e. The van der Waals surface area contributed by atoms with Crippen LogP contribution >= 0.6 is 0 Å². The second-order valence-electron chi connectivity index (χ2n) is 6.86. The summed E-state index contributed by atoms with van der Waals surface area (Å²) in [6.07, 6.45) is 3.48. The summed E-state index contributed by atoms with van der Waals surface area (Å²) in [5.41, 5.74) is 1.48. The van der Waals surface area contributed by atoms with Gasteiger partial charge >= 0.3 is 0 Å². The van der Waals surface area contributed by atoms with Crippen LogP contribution in [-0.2, 0) is 17.8 Å². The van der Waals surface area contributed by atoms with Gasteiger partial charge in [0.1, 0.15) is 6.61 Å². The maximum atomic E-state index is 12.4. The summed E-state index contributed by atoms with van der Waals surface area (Å²) in [7, 11) is 0. The summed E-state index contributed by atoms with van der Waals surface area (Å²) in [6, 6.07) is 13.1. The van der Waals surface area contributed by atoms with Crippen molar-refractivity contribution in [3.8, 4) is 23.0 Å². The number of aromatic nitrogens is 2. The van der Waals surface area contributed by atoms with Crippen LogP contribution in [-0.4, -0.2) is 35.2 Å². The van der Waals surface area contributed by atoms with Gasteiger partial charge in [-0.3, -0.25) is 9.48 Å². The normalized spacial score (nSPS) is 16.5. The minimum atomic E-state index is -0.151. The van der Waals surface area contributed by atoms with Crippen LogP contribution in [0.25, 0.3) is 0 Å². The maximum Gasteiger partial charge on any atom is 0.231 e. The average Bonchev–Trinajstić information content (AvgIpc) is 3.36. The van der Waals surface area contributed by atoms with Crippen molar-refractivity contribution in [2.75, 3.05) is 18.7 Å². The molecule has 3 aromatic rings. The second kappa shape index (κ2) is 7.38. The molecule has 3 heterocycles. The fraction of sp³-hybridized carbons (Fsp3) is 0.238. The molecule has 0 aliphatic carbocycles. The Morgan fingerprint density at radius 2 is 1.90 bits per heavy atom. The van der Waals surface area contributed by atoms with E-state index < -0.39 is 0 Å². The first kappa shape index (κ1) is 17.4. The van der Waals surface area contributed by atoms with Gasteiger partial charge in [0, 0.05) is 6.20 Å². The molecule has 1 unspecified atom stereocenters. The molecule has 0 bridgehead atoms. The molecule has 29 heavy (non-hydrogen) atoms. The van der Waals surface area contributed by atoms with E-state index in [1.54, 1.807) is 17.1 Å². The van der Waals surface area contributed by atoms with Crippen LogP contribution in [0.1, 0.15) is 5.56 Å². The first-order valence-corrected chi connectivity index (χ1v) is 9.32. The molecule has 2 aliphatic rings. The standard InChI is InChI=1S/C21H19N3O5/c25-21(8-14-5-6-18-20(7-14)28-13-27-18)23-15-9-22-24(10-15)11-16-12-26-17-3-1-2-4-19(17)29-16/h1-7,9-10,16H,8,11-13H2,(H,23,25). The summed E-state index contributed by atoms with van der Waals surface area (Å²) < 4.78 is 24.0. The minimum Gasteiger partial charge on any atom is -0.486 e. The van der Waals surface area contributed by atoms with E-state index in [0.717, 1.165) is 17.1 Å². The fourth-order valence-electron chi connectivity index (χ4n) is 3.33. The SMILES string of the molecule is O=C(Cc1ccc2c(c1)OCO2)Nc1cnn(CC2COc3ccccc3O2)c1. The third-order valence-corrected chi connectivity index (χ3v) is 4.68. The lowest BCUT2D eigenvalue weighted by atomic mass is 10.1. The number of carbonyl (C=O) groups is 1. The van der Waals surface area contributed by atoms with Crippen molar-refractivity contribution in [1.82, 2.24) is 9.78 Å². The monoisotopic (exact) mass is 393 g/mol. The van der Waals surface area contributed by atoms with Crippen LogP contribution in [0.5, 0.6) is 23.0 Å². The molecule has 1 aromatic heterocycles. The Labute approximate surface area is 166 Å². The first-order chi connectivity index (χ1) is 14.2. The summed E-state index contributed by atoms with van der Waals surface area (Å²) >= 11 is 0. The van der Waals surface area contributed by atoms with Crippen LogP contribution < -0.4 is 24.3 Å². The zero-order valence-corrected chi connectivity index (χ0v) is 15.5. The van der Waals surface area contributed by atoms with E-state index in [2.05, 4.69) is 10.4 Å². The lowest BCUT2D eigenvalue weighted by Crippen LogP contribution is -2.33. The number of nitrogens with one attached hydrogen (secondary N) is 1. The van der Waals surface area contributed by atoms with Crippen molar-refractivity contribution in [3.63, 3.8) is 0 Å². The number of fused-ring (bicyclic) bond motifs is 2. The molecular formula is C21H19N3O5. The van der Waals surface area contributed by atoms with Crippen LogP contribution in [0.4, 0.5) is 5.69 Å². The molecule has 1 N–H and O–H groups in total. The number of para-hydroxylation sites is 2. The van der Waals surface area contributed by atoms with E-state index in [4.69, 9.17) is 18.9 Å². The second-order valence-corrected chi connectivity index (χ2v) is 6.86. The van der Waals surface area contributed by atoms with E-state index in [1.807, 2.05) is 42.5 Å². The van der Waals surface area contributed by atoms with Gasteiger partial charge in [0.25, 0.3) is 0 Å². The highest BCUT2D eigenvalue weighted by molar-refractivity contribution is 5.92. The molecule has 0 saturated heterocycles. The number of rotatable bonds is 5. The van der Waals surface area contributed by atoms with Crippen molar-refractivity contribution in [2.24, 2.45) is 0 Å². The molecule has 8 nitrogen and oxygen atoms in total. The Balaban J connectivity index is 1.17. The van der Waals surface area contributed by atoms with Gasteiger partial charge in [-0.25, -0.2) is 0 Å². The summed E-state index contributed by atoms with van der Waals surface area (Å²) in [5, 5.41) is 7.17. The van der Waals surface area contributed by atoms with Crippen LogP contribution in [0, 0.1) is 0 Å². The smallest absolute Gasteiger partial charge is 0.231 e. The lowest BCUT2D eigenvalue weighted by molar-refractivity contribution is -0.115. The Kier molecular flexibility index (Phi) is 4.44. The van der Waals surface area contributed by atoms with Gasteiger partial charge in [0.15, 0.2) is 29.1 Å². The number of benzene rings is 2. The fourth-order valence-corrected chi connectivity index (χ4v) is 3.33. The van der Waals surface area contributed by atoms with Gasteiger partial charge in [-0.15, -0.1) is 0 Å². The molecular weight excluding hydrogens is 374 g/mol. The van der Waals surface area contributed by atoms with Crippen molar-refractivity contribution in [2.45, 2.75) is 19.1 Å². The van der Waals surface area contributed by atoms with Gasteiger partial charge < -0.3 is 24.3 Å². The number of nitrogens with zero attached hydrogens (tertiary/aromatic N) is 2. The van der Waals surface area contributed by atoms with Crippen LogP contribution in [0.2, 0.25) is 0 Å². The number of anilines is 1. The van der Waals surface area contributed by atoms with E-state index in [1.165, 1.54) is 0 Å². The Morgan fingerprint density at radius 3 is 2.83 bits per heavy atom. The summed E-state index contributed by atoms with van der Waals surface area (Å²) in [4.78, 5) is 12.4. The average molecular weight is 393 g/mol. The highest BCUT2D eigenvalue weighted by Crippen LogP contribution is 2.33. The van der Waals surface area contributed by atoms with Crippen molar-refractivity contribution >= 4 is 11.6 Å². The van der Waals surface area contributed by atoms with Gasteiger partial charge in [-0.05, 0) is 29.8 Å². The quantitative estimate of drug-likeness (QED) is 0.718. The molecule has 0 spiro atoms. The van der Waals surface area contributed by atoms with Crippen LogP contribution in [0.15, 0.2) is 54.9 Å². The topological polar surface area (TPSA) is 83.8 Å². The van der Waals surface area contributed by atoms with Gasteiger partial charge in [0.2, 0.25) is 12.7 Å². The maximum absolute atomic E-state index is 12.4. The van der Waals surface area contributed by atoms with Gasteiger partial charge in [0.05, 0.1) is 24.8 Å².